The van der Waals surface area contributed by atoms with Crippen LogP contribution < -0.4 is 0 Å². The van der Waals surface area contributed by atoms with E-state index in [2.05, 4.69) is 31.9 Å². The quantitative estimate of drug-likeness (QED) is 0.825. The van der Waals surface area contributed by atoms with Crippen molar-refractivity contribution in [3.8, 4) is 0 Å². The summed E-state index contributed by atoms with van der Waals surface area (Å²) in [4.78, 5) is 0. The molecule has 0 atom stereocenters. The number of halogens is 2. The minimum absolute atomic E-state index is 0.671. The molecule has 1 aromatic carbocycles. The van der Waals surface area contributed by atoms with Gasteiger partial charge in [0.25, 0.3) is 0 Å². The maximum absolute atomic E-state index is 5.29. The van der Waals surface area contributed by atoms with E-state index in [1.807, 2.05) is 25.1 Å². The fourth-order valence-corrected chi connectivity index (χ4v) is 2.01. The van der Waals surface area contributed by atoms with Gasteiger partial charge in [0.1, 0.15) is 0 Å². The highest BCUT2D eigenvalue weighted by atomic mass is 79.9. The Morgan fingerprint density at radius 2 is 2.08 bits per heavy atom. The molecule has 0 fully saturated rings. The Morgan fingerprint density at radius 1 is 1.33 bits per heavy atom. The van der Waals surface area contributed by atoms with Crippen LogP contribution in [0.5, 0.6) is 0 Å². The molecule has 3 heteroatoms. The molecule has 0 amide bonds. The average Bonchev–Trinajstić information content (AvgIpc) is 2.03. The van der Waals surface area contributed by atoms with E-state index in [0.717, 1.165) is 15.6 Å². The van der Waals surface area contributed by atoms with Crippen LogP contribution >= 0.6 is 31.9 Å². The summed E-state index contributed by atoms with van der Waals surface area (Å²) in [6, 6.07) is 6.08. The van der Waals surface area contributed by atoms with E-state index in [-0.39, 0.29) is 0 Å². The second-order valence-electron chi connectivity index (χ2n) is 2.37. The summed E-state index contributed by atoms with van der Waals surface area (Å²) in [7, 11) is 0. The summed E-state index contributed by atoms with van der Waals surface area (Å²) in [6.07, 6.45) is 0. The van der Waals surface area contributed by atoms with Gasteiger partial charge in [-0.3, -0.25) is 0 Å². The third-order valence-electron chi connectivity index (χ3n) is 1.48. The van der Waals surface area contributed by atoms with Crippen LogP contribution in [0.2, 0.25) is 0 Å². The van der Waals surface area contributed by atoms with Crippen LogP contribution in [0.3, 0.4) is 0 Å². The molecule has 12 heavy (non-hydrogen) atoms. The average molecular weight is 294 g/mol. The highest BCUT2D eigenvalue weighted by molar-refractivity contribution is 9.11. The second-order valence-corrected chi connectivity index (χ2v) is 4.14. The summed E-state index contributed by atoms with van der Waals surface area (Å²) in [5.41, 5.74) is 1.18. The highest BCUT2D eigenvalue weighted by Gasteiger charge is 1.99. The van der Waals surface area contributed by atoms with Gasteiger partial charge in [-0.1, -0.05) is 37.9 Å². The zero-order valence-electron chi connectivity index (χ0n) is 6.81. The number of rotatable bonds is 3. The van der Waals surface area contributed by atoms with Crippen LogP contribution in [-0.4, -0.2) is 6.61 Å². The Kier molecular flexibility index (Phi) is 4.26. The Hall–Kier alpha value is 0.140. The minimum Gasteiger partial charge on any atom is -0.377 e. The molecule has 0 aliphatic carbocycles. The summed E-state index contributed by atoms with van der Waals surface area (Å²) in [5, 5.41) is 0. The standard InChI is InChI=1S/C9H10Br2O/c1-2-12-6-7-3-4-8(10)5-9(7)11/h3-5H,2,6H2,1H3. The molecule has 0 saturated carbocycles. The van der Waals surface area contributed by atoms with E-state index >= 15 is 0 Å². The van der Waals surface area contributed by atoms with Crippen molar-refractivity contribution >= 4 is 31.9 Å². The molecular weight excluding hydrogens is 284 g/mol. The van der Waals surface area contributed by atoms with Crippen molar-refractivity contribution < 1.29 is 4.74 Å². The maximum Gasteiger partial charge on any atom is 0.0727 e. The lowest BCUT2D eigenvalue weighted by Crippen LogP contribution is -1.92. The van der Waals surface area contributed by atoms with E-state index in [4.69, 9.17) is 4.74 Å². The first-order valence-electron chi connectivity index (χ1n) is 3.75. The number of benzene rings is 1. The van der Waals surface area contributed by atoms with Crippen molar-refractivity contribution in [3.63, 3.8) is 0 Å². The van der Waals surface area contributed by atoms with E-state index < -0.39 is 0 Å². The molecule has 0 aromatic heterocycles. The zero-order chi connectivity index (χ0) is 8.97. The minimum atomic E-state index is 0.671. The Bertz CT molecular complexity index is 261. The van der Waals surface area contributed by atoms with Crippen LogP contribution in [-0.2, 0) is 11.3 Å². The molecule has 0 N–H and O–H groups in total. The molecule has 0 bridgehead atoms. The largest absolute Gasteiger partial charge is 0.377 e. The third-order valence-corrected chi connectivity index (χ3v) is 2.71. The molecule has 0 aliphatic heterocycles. The first kappa shape index (κ1) is 10.2. The first-order chi connectivity index (χ1) is 5.74. The fourth-order valence-electron chi connectivity index (χ4n) is 0.851. The molecule has 0 aliphatic rings. The fraction of sp³-hybridized carbons (Fsp3) is 0.333. The summed E-state index contributed by atoms with van der Waals surface area (Å²) in [6.45, 7) is 3.42. The van der Waals surface area contributed by atoms with Crippen molar-refractivity contribution in [2.24, 2.45) is 0 Å². The van der Waals surface area contributed by atoms with E-state index in [9.17, 15) is 0 Å². The topological polar surface area (TPSA) is 9.23 Å². The smallest absolute Gasteiger partial charge is 0.0727 e. The van der Waals surface area contributed by atoms with E-state index in [0.29, 0.717) is 6.61 Å². The molecule has 1 nitrogen and oxygen atoms in total. The van der Waals surface area contributed by atoms with Crippen molar-refractivity contribution in [2.45, 2.75) is 13.5 Å². The lowest BCUT2D eigenvalue weighted by Gasteiger charge is -2.04. The van der Waals surface area contributed by atoms with Crippen molar-refractivity contribution in [1.82, 2.24) is 0 Å². The van der Waals surface area contributed by atoms with Crippen LogP contribution in [0.1, 0.15) is 12.5 Å². The molecule has 0 heterocycles. The predicted octanol–water partition coefficient (Wildman–Crippen LogP) is 3.75. The normalized spacial score (nSPS) is 10.2. The number of hydrogen-bond acceptors (Lipinski definition) is 1. The zero-order valence-corrected chi connectivity index (χ0v) is 9.98. The predicted molar refractivity (Wildman–Crippen MR) is 57.2 cm³/mol. The lowest BCUT2D eigenvalue weighted by molar-refractivity contribution is 0.133. The van der Waals surface area contributed by atoms with Crippen LogP contribution in [0, 0.1) is 0 Å². The van der Waals surface area contributed by atoms with Crippen molar-refractivity contribution in [3.05, 3.63) is 32.7 Å². The van der Waals surface area contributed by atoms with Gasteiger partial charge in [-0.15, -0.1) is 0 Å². The summed E-state index contributed by atoms with van der Waals surface area (Å²) >= 11 is 6.86. The molecule has 0 spiro atoms. The van der Waals surface area contributed by atoms with Gasteiger partial charge >= 0.3 is 0 Å². The third kappa shape index (κ3) is 2.88. The van der Waals surface area contributed by atoms with Gasteiger partial charge in [0.2, 0.25) is 0 Å². The summed E-state index contributed by atoms with van der Waals surface area (Å²) < 4.78 is 7.46. The number of ether oxygens (including phenoxy) is 1. The molecular formula is C9H10Br2O. The Balaban J connectivity index is 2.72. The molecule has 0 unspecified atom stereocenters. The Morgan fingerprint density at radius 3 is 2.67 bits per heavy atom. The lowest BCUT2D eigenvalue weighted by atomic mass is 10.2. The molecule has 66 valence electrons. The van der Waals surface area contributed by atoms with Crippen LogP contribution in [0.15, 0.2) is 27.1 Å². The monoisotopic (exact) mass is 292 g/mol. The van der Waals surface area contributed by atoms with Gasteiger partial charge < -0.3 is 4.74 Å². The SMILES string of the molecule is CCOCc1ccc(Br)cc1Br. The van der Waals surface area contributed by atoms with E-state index in [1.54, 1.807) is 0 Å². The second kappa shape index (κ2) is 5.00. The highest BCUT2D eigenvalue weighted by Crippen LogP contribution is 2.22. The van der Waals surface area contributed by atoms with Gasteiger partial charge in [0.15, 0.2) is 0 Å². The Labute approximate surface area is 89.4 Å². The maximum atomic E-state index is 5.29. The molecule has 0 saturated heterocycles. The first-order valence-corrected chi connectivity index (χ1v) is 5.34. The van der Waals surface area contributed by atoms with Crippen molar-refractivity contribution in [2.75, 3.05) is 6.61 Å². The molecule has 1 rings (SSSR count). The number of hydrogen-bond donors (Lipinski definition) is 0. The van der Waals surface area contributed by atoms with Gasteiger partial charge in [0, 0.05) is 15.6 Å². The van der Waals surface area contributed by atoms with Gasteiger partial charge in [0.05, 0.1) is 6.61 Å². The molecule has 0 radical (unpaired) electrons. The van der Waals surface area contributed by atoms with Gasteiger partial charge in [-0.25, -0.2) is 0 Å². The summed E-state index contributed by atoms with van der Waals surface area (Å²) in [5.74, 6) is 0. The van der Waals surface area contributed by atoms with E-state index in [1.165, 1.54) is 5.56 Å². The van der Waals surface area contributed by atoms with Gasteiger partial charge in [-0.2, -0.15) is 0 Å². The van der Waals surface area contributed by atoms with Crippen molar-refractivity contribution in [1.29, 1.82) is 0 Å². The van der Waals surface area contributed by atoms with Crippen LogP contribution in [0.25, 0.3) is 0 Å². The van der Waals surface area contributed by atoms with Crippen LogP contribution in [0.4, 0.5) is 0 Å². The van der Waals surface area contributed by atoms with Gasteiger partial charge in [-0.05, 0) is 24.6 Å². The molecule has 1 aromatic rings.